The molecule has 0 saturated heterocycles. The van der Waals surface area contributed by atoms with Gasteiger partial charge in [0.2, 0.25) is 0 Å². The molecule has 2 aromatic rings. The monoisotopic (exact) mass is 319 g/mol. The highest BCUT2D eigenvalue weighted by Gasteiger charge is 2.21. The second-order valence-electron chi connectivity index (χ2n) is 4.29. The van der Waals surface area contributed by atoms with Gasteiger partial charge in [0.15, 0.2) is 5.57 Å². The van der Waals surface area contributed by atoms with Crippen molar-refractivity contribution in [2.24, 2.45) is 0 Å². The van der Waals surface area contributed by atoms with Gasteiger partial charge in [-0.15, -0.1) is 11.3 Å². The predicted octanol–water partition coefficient (Wildman–Crippen LogP) is 3.32. The van der Waals surface area contributed by atoms with Crippen LogP contribution in [0.15, 0.2) is 42.1 Å². The van der Waals surface area contributed by atoms with Gasteiger partial charge >= 0.3 is 11.9 Å². The highest BCUT2D eigenvalue weighted by atomic mass is 32.1. The third-order valence-corrected chi connectivity index (χ3v) is 3.82. The first-order valence-electron chi connectivity index (χ1n) is 6.95. The van der Waals surface area contributed by atoms with Gasteiger partial charge in [-0.2, -0.15) is 0 Å². The molecule has 0 amide bonds. The number of esters is 2. The van der Waals surface area contributed by atoms with Crippen LogP contribution in [0.2, 0.25) is 0 Å². The maximum atomic E-state index is 11.8. The fourth-order valence-electron chi connectivity index (χ4n) is 1.82. The molecule has 1 aromatic heterocycles. The van der Waals surface area contributed by atoms with Gasteiger partial charge in [0.1, 0.15) is 0 Å². The van der Waals surface area contributed by atoms with Gasteiger partial charge in [-0.3, -0.25) is 0 Å². The van der Waals surface area contributed by atoms with Gasteiger partial charge in [0, 0.05) is 10.9 Å². The number of anilines is 1. The normalized spacial score (nSPS) is 10.1. The molecular weight excluding hydrogens is 302 g/mol. The number of carbonyl (C=O) groups is 2. The molecule has 6 heteroatoms. The van der Waals surface area contributed by atoms with Crippen LogP contribution in [0.5, 0.6) is 0 Å². The SMILES string of the molecule is CCOC(=O)C(=CNc1cc2ccccc2s1)C(=O)OCC. The van der Waals surface area contributed by atoms with E-state index in [1.54, 1.807) is 13.8 Å². The molecule has 22 heavy (non-hydrogen) atoms. The van der Waals surface area contributed by atoms with Gasteiger partial charge in [-0.1, -0.05) is 18.2 Å². The molecule has 1 N–H and O–H groups in total. The largest absolute Gasteiger partial charge is 0.462 e. The molecule has 0 fully saturated rings. The second kappa shape index (κ2) is 7.61. The minimum atomic E-state index is -0.699. The zero-order valence-electron chi connectivity index (χ0n) is 12.4. The van der Waals surface area contributed by atoms with Gasteiger partial charge < -0.3 is 14.8 Å². The van der Waals surface area contributed by atoms with Crippen LogP contribution in [-0.2, 0) is 19.1 Å². The fraction of sp³-hybridized carbons (Fsp3) is 0.250. The molecule has 0 spiro atoms. The molecule has 0 aliphatic carbocycles. The number of thiophene rings is 1. The van der Waals surface area contributed by atoms with E-state index in [9.17, 15) is 9.59 Å². The summed E-state index contributed by atoms with van der Waals surface area (Å²) in [7, 11) is 0. The summed E-state index contributed by atoms with van der Waals surface area (Å²) in [6.07, 6.45) is 1.33. The molecule has 2 rings (SSSR count). The lowest BCUT2D eigenvalue weighted by Crippen LogP contribution is -2.19. The van der Waals surface area contributed by atoms with Crippen molar-refractivity contribution in [2.45, 2.75) is 13.8 Å². The Morgan fingerprint density at radius 1 is 1.14 bits per heavy atom. The third-order valence-electron chi connectivity index (χ3n) is 2.77. The average Bonchev–Trinajstić information content (AvgIpc) is 2.90. The topological polar surface area (TPSA) is 64.6 Å². The van der Waals surface area contributed by atoms with Crippen LogP contribution in [-0.4, -0.2) is 25.2 Å². The Labute approximate surface area is 132 Å². The Morgan fingerprint density at radius 2 is 1.77 bits per heavy atom. The molecule has 1 heterocycles. The van der Waals surface area contributed by atoms with E-state index in [1.165, 1.54) is 17.5 Å². The summed E-state index contributed by atoms with van der Waals surface area (Å²) in [5.74, 6) is -1.40. The Morgan fingerprint density at radius 3 is 2.36 bits per heavy atom. The third kappa shape index (κ3) is 3.85. The Kier molecular flexibility index (Phi) is 5.55. The summed E-state index contributed by atoms with van der Waals surface area (Å²) < 4.78 is 10.9. The average molecular weight is 319 g/mol. The number of hydrogen-bond acceptors (Lipinski definition) is 6. The molecule has 5 nitrogen and oxygen atoms in total. The van der Waals surface area contributed by atoms with E-state index in [1.807, 2.05) is 30.3 Å². The summed E-state index contributed by atoms with van der Waals surface area (Å²) >= 11 is 1.53. The smallest absolute Gasteiger partial charge is 0.347 e. The van der Waals surface area contributed by atoms with Crippen LogP contribution in [0.3, 0.4) is 0 Å². The zero-order valence-corrected chi connectivity index (χ0v) is 13.2. The van der Waals surface area contributed by atoms with Crippen molar-refractivity contribution in [2.75, 3.05) is 18.5 Å². The summed E-state index contributed by atoms with van der Waals surface area (Å²) in [5, 5.41) is 4.89. The van der Waals surface area contributed by atoms with Crippen molar-refractivity contribution in [3.63, 3.8) is 0 Å². The van der Waals surface area contributed by atoms with Gasteiger partial charge in [0.05, 0.1) is 18.2 Å². The first-order chi connectivity index (χ1) is 10.7. The summed E-state index contributed by atoms with van der Waals surface area (Å²) in [4.78, 5) is 23.6. The molecule has 0 unspecified atom stereocenters. The second-order valence-corrected chi connectivity index (χ2v) is 5.38. The van der Waals surface area contributed by atoms with Gasteiger partial charge in [-0.25, -0.2) is 9.59 Å². The number of rotatable bonds is 6. The number of hydrogen-bond donors (Lipinski definition) is 1. The van der Waals surface area contributed by atoms with Crippen molar-refractivity contribution in [1.29, 1.82) is 0 Å². The van der Waals surface area contributed by atoms with E-state index in [2.05, 4.69) is 5.32 Å². The van der Waals surface area contributed by atoms with E-state index in [0.717, 1.165) is 15.1 Å². The first-order valence-corrected chi connectivity index (χ1v) is 7.76. The predicted molar refractivity (Wildman–Crippen MR) is 86.8 cm³/mol. The molecular formula is C16H17NO4S. The molecule has 116 valence electrons. The maximum absolute atomic E-state index is 11.8. The minimum Gasteiger partial charge on any atom is -0.462 e. The lowest BCUT2D eigenvalue weighted by molar-refractivity contribution is -0.146. The van der Waals surface area contributed by atoms with Crippen LogP contribution in [0.1, 0.15) is 13.8 Å². The summed E-state index contributed by atoms with van der Waals surface area (Å²) in [6.45, 7) is 3.75. The van der Waals surface area contributed by atoms with Crippen LogP contribution in [0, 0.1) is 0 Å². The number of benzene rings is 1. The van der Waals surface area contributed by atoms with Crippen LogP contribution in [0.25, 0.3) is 10.1 Å². The summed E-state index contributed by atoms with van der Waals surface area (Å²) in [6, 6.07) is 9.87. The van der Waals surface area contributed by atoms with Crippen LogP contribution >= 0.6 is 11.3 Å². The molecule has 0 atom stereocenters. The highest BCUT2D eigenvalue weighted by molar-refractivity contribution is 7.22. The number of carbonyl (C=O) groups excluding carboxylic acids is 2. The first kappa shape index (κ1) is 16.0. The lowest BCUT2D eigenvalue weighted by atomic mass is 10.2. The molecule has 0 aliphatic rings. The van der Waals surface area contributed by atoms with E-state index < -0.39 is 11.9 Å². The molecule has 0 aliphatic heterocycles. The van der Waals surface area contributed by atoms with E-state index in [4.69, 9.17) is 9.47 Å². The number of fused-ring (bicyclic) bond motifs is 1. The quantitative estimate of drug-likeness (QED) is 0.383. The maximum Gasteiger partial charge on any atom is 0.347 e. The van der Waals surface area contributed by atoms with Gasteiger partial charge in [0.25, 0.3) is 0 Å². The molecule has 1 aromatic carbocycles. The van der Waals surface area contributed by atoms with Crippen molar-refractivity contribution in [3.8, 4) is 0 Å². The Bertz CT molecular complexity index is 652. The van der Waals surface area contributed by atoms with E-state index >= 15 is 0 Å². The lowest BCUT2D eigenvalue weighted by Gasteiger charge is -2.06. The molecule has 0 saturated carbocycles. The van der Waals surface area contributed by atoms with Crippen molar-refractivity contribution < 1.29 is 19.1 Å². The number of nitrogens with one attached hydrogen (secondary N) is 1. The van der Waals surface area contributed by atoms with Crippen molar-refractivity contribution in [1.82, 2.24) is 0 Å². The van der Waals surface area contributed by atoms with E-state index in [-0.39, 0.29) is 18.8 Å². The molecule has 0 radical (unpaired) electrons. The van der Waals surface area contributed by atoms with Crippen LogP contribution < -0.4 is 5.32 Å². The van der Waals surface area contributed by atoms with E-state index in [0.29, 0.717) is 0 Å². The van der Waals surface area contributed by atoms with Gasteiger partial charge in [-0.05, 0) is 31.4 Å². The fourth-order valence-corrected chi connectivity index (χ4v) is 2.75. The van der Waals surface area contributed by atoms with Crippen molar-refractivity contribution >= 4 is 38.4 Å². The summed E-state index contributed by atoms with van der Waals surface area (Å²) in [5.41, 5.74) is -0.152. The standard InChI is InChI=1S/C16H17NO4S/c1-3-20-15(18)12(16(19)21-4-2)10-17-14-9-11-7-5-6-8-13(11)22-14/h5-10,17H,3-4H2,1-2H3. The Hall–Kier alpha value is -2.34. The highest BCUT2D eigenvalue weighted by Crippen LogP contribution is 2.29. The van der Waals surface area contributed by atoms with Crippen LogP contribution in [0.4, 0.5) is 5.00 Å². The number of ether oxygens (including phenoxy) is 2. The van der Waals surface area contributed by atoms with Crippen molar-refractivity contribution in [3.05, 3.63) is 42.1 Å². The minimum absolute atomic E-state index is 0.152. The molecule has 0 bridgehead atoms. The Balaban J connectivity index is 2.20. The zero-order chi connectivity index (χ0) is 15.9.